The van der Waals surface area contributed by atoms with Crippen molar-refractivity contribution in [3.05, 3.63) is 46.1 Å². The van der Waals surface area contributed by atoms with E-state index >= 15 is 0 Å². The summed E-state index contributed by atoms with van der Waals surface area (Å²) in [6, 6.07) is 6.23. The molecule has 0 unspecified atom stereocenters. The van der Waals surface area contributed by atoms with Gasteiger partial charge < -0.3 is 14.6 Å². The summed E-state index contributed by atoms with van der Waals surface area (Å²) in [5, 5.41) is 9.02. The lowest BCUT2D eigenvalue weighted by Gasteiger charge is -2.12. The molecule has 0 fully saturated rings. The summed E-state index contributed by atoms with van der Waals surface area (Å²) in [5.74, 6) is 0.0519. The predicted octanol–water partition coefficient (Wildman–Crippen LogP) is 3.65. The van der Waals surface area contributed by atoms with Crippen molar-refractivity contribution in [2.75, 3.05) is 7.11 Å². The standard InChI is InChI=1S/C14H12BrNO4/c1-8-5-6-16-13(12(8)15)20-11-7-9(14(17)18)3-4-10(11)19-2/h3-7H,1-2H3,(H,17,18). The number of nitrogens with zero attached hydrogens (tertiary/aromatic N) is 1. The maximum absolute atomic E-state index is 11.0. The van der Waals surface area contributed by atoms with E-state index in [0.717, 1.165) is 5.56 Å². The van der Waals surface area contributed by atoms with Gasteiger partial charge in [0, 0.05) is 6.20 Å². The van der Waals surface area contributed by atoms with Gasteiger partial charge in [-0.15, -0.1) is 0 Å². The zero-order valence-electron chi connectivity index (χ0n) is 10.9. The molecule has 6 heteroatoms. The molecule has 5 nitrogen and oxygen atoms in total. The molecule has 104 valence electrons. The molecule has 20 heavy (non-hydrogen) atoms. The quantitative estimate of drug-likeness (QED) is 0.922. The number of carbonyl (C=O) groups is 1. The van der Waals surface area contributed by atoms with Crippen LogP contribution in [0.3, 0.4) is 0 Å². The van der Waals surface area contributed by atoms with Gasteiger partial charge in [-0.25, -0.2) is 9.78 Å². The van der Waals surface area contributed by atoms with Gasteiger partial charge in [0.15, 0.2) is 11.5 Å². The van der Waals surface area contributed by atoms with Gasteiger partial charge in [0.25, 0.3) is 0 Å². The first-order valence-corrected chi connectivity index (χ1v) is 6.52. The maximum atomic E-state index is 11.0. The van der Waals surface area contributed by atoms with Crippen molar-refractivity contribution in [3.63, 3.8) is 0 Å². The molecule has 2 rings (SSSR count). The van der Waals surface area contributed by atoms with Crippen LogP contribution in [0.15, 0.2) is 34.9 Å². The topological polar surface area (TPSA) is 68.7 Å². The Morgan fingerprint density at radius 2 is 2.05 bits per heavy atom. The fourth-order valence-corrected chi connectivity index (χ4v) is 1.90. The molecule has 0 saturated heterocycles. The number of hydrogen-bond acceptors (Lipinski definition) is 4. The molecular formula is C14H12BrNO4. The number of carboxylic acids is 1. The summed E-state index contributed by atoms with van der Waals surface area (Å²) in [5.41, 5.74) is 1.08. The first kappa shape index (κ1) is 14.3. The number of methoxy groups -OCH3 is 1. The third-order valence-corrected chi connectivity index (χ3v) is 3.63. The van der Waals surface area contributed by atoms with Crippen LogP contribution in [0.5, 0.6) is 17.4 Å². The first-order chi connectivity index (χ1) is 9.52. The van der Waals surface area contributed by atoms with Crippen LogP contribution in [0.4, 0.5) is 0 Å². The van der Waals surface area contributed by atoms with Crippen LogP contribution < -0.4 is 9.47 Å². The highest BCUT2D eigenvalue weighted by molar-refractivity contribution is 9.10. The Morgan fingerprint density at radius 3 is 2.70 bits per heavy atom. The minimum atomic E-state index is -1.03. The molecule has 0 aliphatic carbocycles. The van der Waals surface area contributed by atoms with E-state index in [1.54, 1.807) is 12.3 Å². The summed E-state index contributed by atoms with van der Waals surface area (Å²) < 4.78 is 11.5. The van der Waals surface area contributed by atoms with Gasteiger partial charge >= 0.3 is 5.97 Å². The van der Waals surface area contributed by atoms with E-state index in [1.165, 1.54) is 19.2 Å². The number of aromatic nitrogens is 1. The van der Waals surface area contributed by atoms with Gasteiger partial charge in [-0.2, -0.15) is 0 Å². The van der Waals surface area contributed by atoms with Gasteiger partial charge in [-0.05, 0) is 52.7 Å². The molecule has 0 atom stereocenters. The van der Waals surface area contributed by atoms with Gasteiger partial charge in [0.2, 0.25) is 5.88 Å². The van der Waals surface area contributed by atoms with Crippen molar-refractivity contribution in [2.45, 2.75) is 6.92 Å². The molecule has 0 aliphatic heterocycles. The number of benzene rings is 1. The van der Waals surface area contributed by atoms with Crippen molar-refractivity contribution in [1.29, 1.82) is 0 Å². The Morgan fingerprint density at radius 1 is 1.30 bits per heavy atom. The predicted molar refractivity (Wildman–Crippen MR) is 76.7 cm³/mol. The molecule has 0 saturated carbocycles. The van der Waals surface area contributed by atoms with Crippen LogP contribution in [0, 0.1) is 6.92 Å². The minimum Gasteiger partial charge on any atom is -0.493 e. The zero-order chi connectivity index (χ0) is 14.7. The molecule has 0 amide bonds. The number of aryl methyl sites for hydroxylation is 1. The van der Waals surface area contributed by atoms with Crippen molar-refractivity contribution >= 4 is 21.9 Å². The van der Waals surface area contributed by atoms with Crippen molar-refractivity contribution in [2.24, 2.45) is 0 Å². The van der Waals surface area contributed by atoms with Crippen LogP contribution in [0.1, 0.15) is 15.9 Å². The second-order valence-electron chi connectivity index (χ2n) is 4.02. The van der Waals surface area contributed by atoms with Crippen LogP contribution in [0.2, 0.25) is 0 Å². The number of aromatic carboxylic acids is 1. The van der Waals surface area contributed by atoms with Gasteiger partial charge in [-0.3, -0.25) is 0 Å². The van der Waals surface area contributed by atoms with Crippen LogP contribution in [-0.4, -0.2) is 23.2 Å². The SMILES string of the molecule is COc1ccc(C(=O)O)cc1Oc1nccc(C)c1Br. The Labute approximate surface area is 124 Å². The number of rotatable bonds is 4. The number of ether oxygens (including phenoxy) is 2. The monoisotopic (exact) mass is 337 g/mol. The molecule has 0 spiro atoms. The lowest BCUT2D eigenvalue weighted by Crippen LogP contribution is -1.99. The minimum absolute atomic E-state index is 0.115. The lowest BCUT2D eigenvalue weighted by molar-refractivity contribution is 0.0696. The Bertz CT molecular complexity index is 658. The van der Waals surface area contributed by atoms with Crippen LogP contribution >= 0.6 is 15.9 Å². The normalized spacial score (nSPS) is 10.2. The number of pyridine rings is 1. The molecular weight excluding hydrogens is 326 g/mol. The van der Waals surface area contributed by atoms with Crippen LogP contribution in [0.25, 0.3) is 0 Å². The third kappa shape index (κ3) is 2.91. The van der Waals surface area contributed by atoms with E-state index in [2.05, 4.69) is 20.9 Å². The zero-order valence-corrected chi connectivity index (χ0v) is 12.5. The molecule has 1 aromatic carbocycles. The fraction of sp³-hybridized carbons (Fsp3) is 0.143. The van der Waals surface area contributed by atoms with E-state index in [9.17, 15) is 4.79 Å². The molecule has 1 aromatic heterocycles. The second kappa shape index (κ2) is 5.92. The highest BCUT2D eigenvalue weighted by Gasteiger charge is 2.13. The smallest absolute Gasteiger partial charge is 0.335 e. The Balaban J connectivity index is 2.43. The first-order valence-electron chi connectivity index (χ1n) is 5.73. The highest BCUT2D eigenvalue weighted by atomic mass is 79.9. The van der Waals surface area contributed by atoms with E-state index in [-0.39, 0.29) is 5.56 Å². The van der Waals surface area contributed by atoms with Crippen molar-refractivity contribution < 1.29 is 19.4 Å². The summed E-state index contributed by atoms with van der Waals surface area (Å²) >= 11 is 3.39. The highest BCUT2D eigenvalue weighted by Crippen LogP contribution is 2.35. The van der Waals surface area contributed by atoms with E-state index in [0.29, 0.717) is 21.9 Å². The third-order valence-electron chi connectivity index (χ3n) is 2.67. The van der Waals surface area contributed by atoms with Gasteiger partial charge in [0.05, 0.1) is 17.1 Å². The summed E-state index contributed by atoms with van der Waals surface area (Å²) in [7, 11) is 1.49. The maximum Gasteiger partial charge on any atom is 0.335 e. The Hall–Kier alpha value is -2.08. The summed E-state index contributed by atoms with van der Waals surface area (Å²) in [6.45, 7) is 1.91. The molecule has 0 radical (unpaired) electrons. The van der Waals surface area contributed by atoms with Gasteiger partial charge in [-0.1, -0.05) is 0 Å². The lowest BCUT2D eigenvalue weighted by atomic mass is 10.2. The summed E-state index contributed by atoms with van der Waals surface area (Å²) in [4.78, 5) is 15.1. The Kier molecular flexibility index (Phi) is 4.24. The molecule has 1 N–H and O–H groups in total. The van der Waals surface area contributed by atoms with E-state index in [1.807, 2.05) is 13.0 Å². The van der Waals surface area contributed by atoms with Gasteiger partial charge in [0.1, 0.15) is 0 Å². The molecule has 2 aromatic rings. The van der Waals surface area contributed by atoms with Crippen molar-refractivity contribution in [3.8, 4) is 17.4 Å². The average molecular weight is 338 g/mol. The second-order valence-corrected chi connectivity index (χ2v) is 4.81. The summed E-state index contributed by atoms with van der Waals surface area (Å²) in [6.07, 6.45) is 1.61. The van der Waals surface area contributed by atoms with Crippen molar-refractivity contribution in [1.82, 2.24) is 4.98 Å². The average Bonchev–Trinajstić information content (AvgIpc) is 2.43. The molecule has 0 aliphatic rings. The van der Waals surface area contributed by atoms with E-state index < -0.39 is 5.97 Å². The van der Waals surface area contributed by atoms with E-state index in [4.69, 9.17) is 14.6 Å². The number of carboxylic acid groups (broad SMARTS) is 1. The largest absolute Gasteiger partial charge is 0.493 e. The molecule has 1 heterocycles. The fourth-order valence-electron chi connectivity index (χ4n) is 1.58. The number of halogens is 1. The number of hydrogen-bond donors (Lipinski definition) is 1. The van der Waals surface area contributed by atoms with Crippen LogP contribution in [-0.2, 0) is 0 Å². The molecule has 0 bridgehead atoms.